The molecule has 106 valence electrons. The molecule has 4 heteroatoms. The summed E-state index contributed by atoms with van der Waals surface area (Å²) in [4.78, 5) is 18.6. The van der Waals surface area contributed by atoms with Crippen LogP contribution >= 0.6 is 0 Å². The summed E-state index contributed by atoms with van der Waals surface area (Å²) in [6.45, 7) is 5.04. The summed E-state index contributed by atoms with van der Waals surface area (Å²) in [7, 11) is 1.83. The summed E-state index contributed by atoms with van der Waals surface area (Å²) in [5.74, 6) is 0.949. The number of para-hydroxylation sites is 1. The van der Waals surface area contributed by atoms with Crippen molar-refractivity contribution in [2.75, 3.05) is 19.3 Å². The number of rotatable bonds is 4. The lowest BCUT2D eigenvalue weighted by Gasteiger charge is -2.19. The van der Waals surface area contributed by atoms with E-state index in [1.54, 1.807) is 11.0 Å². The van der Waals surface area contributed by atoms with E-state index in [4.69, 9.17) is 5.73 Å². The van der Waals surface area contributed by atoms with E-state index < -0.39 is 0 Å². The third-order valence-electron chi connectivity index (χ3n) is 3.35. The van der Waals surface area contributed by atoms with Gasteiger partial charge in [-0.3, -0.25) is 4.79 Å². The number of nitrogens with two attached hydrogens (primary N) is 1. The maximum atomic E-state index is 12.6. The van der Waals surface area contributed by atoms with Crippen LogP contribution in [-0.2, 0) is 0 Å². The normalized spacial score (nSPS) is 11.0. The Hall–Kier alpha value is -2.10. The van der Waals surface area contributed by atoms with Crippen LogP contribution in [0.5, 0.6) is 0 Å². The van der Waals surface area contributed by atoms with Crippen LogP contribution in [0.4, 0.5) is 5.82 Å². The minimum absolute atomic E-state index is 0.00375. The first-order valence-corrected chi connectivity index (χ1v) is 6.89. The Balaban J connectivity index is 2.34. The molecule has 0 aliphatic carbocycles. The Kier molecular flexibility index (Phi) is 4.23. The summed E-state index contributed by atoms with van der Waals surface area (Å²) >= 11 is 0. The van der Waals surface area contributed by atoms with Crippen LogP contribution in [0.25, 0.3) is 10.9 Å². The number of pyridine rings is 1. The van der Waals surface area contributed by atoms with Gasteiger partial charge in [-0.25, -0.2) is 4.98 Å². The Morgan fingerprint density at radius 1 is 1.35 bits per heavy atom. The molecule has 2 N–H and O–H groups in total. The zero-order valence-corrected chi connectivity index (χ0v) is 12.3. The predicted octanol–water partition coefficient (Wildman–Crippen LogP) is 2.94. The molecule has 2 aromatic rings. The van der Waals surface area contributed by atoms with Gasteiger partial charge in [-0.2, -0.15) is 0 Å². The predicted molar refractivity (Wildman–Crippen MR) is 82.6 cm³/mol. The van der Waals surface area contributed by atoms with Crippen LogP contribution in [0.2, 0.25) is 0 Å². The van der Waals surface area contributed by atoms with Gasteiger partial charge in [-0.05, 0) is 24.5 Å². The summed E-state index contributed by atoms with van der Waals surface area (Å²) < 4.78 is 0. The first-order chi connectivity index (χ1) is 9.49. The Morgan fingerprint density at radius 2 is 2.05 bits per heavy atom. The monoisotopic (exact) mass is 271 g/mol. The van der Waals surface area contributed by atoms with Crippen LogP contribution < -0.4 is 5.73 Å². The van der Waals surface area contributed by atoms with Gasteiger partial charge in [-0.1, -0.05) is 32.0 Å². The lowest BCUT2D eigenvalue weighted by molar-refractivity contribution is 0.0791. The number of nitrogens with zero attached hydrogens (tertiary/aromatic N) is 2. The van der Waals surface area contributed by atoms with Crippen LogP contribution in [0.15, 0.2) is 30.3 Å². The summed E-state index contributed by atoms with van der Waals surface area (Å²) in [5.41, 5.74) is 7.18. The number of fused-ring (bicyclic) bond motifs is 1. The number of hydrogen-bond donors (Lipinski definition) is 1. The van der Waals surface area contributed by atoms with Crippen molar-refractivity contribution in [1.29, 1.82) is 0 Å². The highest BCUT2D eigenvalue weighted by Gasteiger charge is 2.16. The topological polar surface area (TPSA) is 59.2 Å². The van der Waals surface area contributed by atoms with Crippen molar-refractivity contribution in [2.45, 2.75) is 20.3 Å². The van der Waals surface area contributed by atoms with Crippen LogP contribution in [0.1, 0.15) is 30.6 Å². The number of carbonyl (C=O) groups is 1. The molecule has 1 aromatic heterocycles. The summed E-state index contributed by atoms with van der Waals surface area (Å²) in [6, 6.07) is 9.25. The molecule has 0 atom stereocenters. The first-order valence-electron chi connectivity index (χ1n) is 6.89. The zero-order valence-electron chi connectivity index (χ0n) is 12.3. The van der Waals surface area contributed by atoms with Crippen LogP contribution in [0, 0.1) is 5.92 Å². The fourth-order valence-electron chi connectivity index (χ4n) is 2.13. The lowest BCUT2D eigenvalue weighted by atomic mass is 10.1. The van der Waals surface area contributed by atoms with Crippen molar-refractivity contribution in [3.8, 4) is 0 Å². The number of amides is 1. The van der Waals surface area contributed by atoms with Crippen molar-refractivity contribution in [3.05, 3.63) is 35.9 Å². The van der Waals surface area contributed by atoms with Crippen molar-refractivity contribution in [3.63, 3.8) is 0 Å². The van der Waals surface area contributed by atoms with E-state index in [1.807, 2.05) is 31.3 Å². The molecule has 0 fully saturated rings. The number of nitrogen functional groups attached to an aromatic ring is 1. The van der Waals surface area contributed by atoms with E-state index in [9.17, 15) is 4.79 Å². The Labute approximate surface area is 119 Å². The highest BCUT2D eigenvalue weighted by atomic mass is 16.2. The molecule has 1 heterocycles. The van der Waals surface area contributed by atoms with E-state index in [2.05, 4.69) is 18.8 Å². The fraction of sp³-hybridized carbons (Fsp3) is 0.375. The van der Waals surface area contributed by atoms with Gasteiger partial charge in [0.1, 0.15) is 5.82 Å². The third-order valence-corrected chi connectivity index (χ3v) is 3.35. The Bertz CT molecular complexity index is 622. The van der Waals surface area contributed by atoms with Gasteiger partial charge in [0.05, 0.1) is 11.1 Å². The van der Waals surface area contributed by atoms with Crippen LogP contribution in [-0.4, -0.2) is 29.4 Å². The van der Waals surface area contributed by atoms with Gasteiger partial charge < -0.3 is 10.6 Å². The summed E-state index contributed by atoms with van der Waals surface area (Å²) in [6.07, 6.45) is 0.987. The standard InChI is InChI=1S/C16H21N3O/c1-11(2)8-9-19(3)16(20)13-10-15(17)18-14-7-5-4-6-12(13)14/h4-7,10-11H,8-9H2,1-3H3,(H2,17,18). The number of hydrogen-bond acceptors (Lipinski definition) is 3. The average molecular weight is 271 g/mol. The van der Waals surface area contributed by atoms with Gasteiger partial charge in [0.25, 0.3) is 5.91 Å². The minimum Gasteiger partial charge on any atom is -0.384 e. The van der Waals surface area contributed by atoms with Crippen molar-refractivity contribution in [1.82, 2.24) is 9.88 Å². The Morgan fingerprint density at radius 3 is 2.75 bits per heavy atom. The highest BCUT2D eigenvalue weighted by Crippen LogP contribution is 2.20. The largest absolute Gasteiger partial charge is 0.384 e. The van der Waals surface area contributed by atoms with E-state index in [0.29, 0.717) is 17.3 Å². The highest BCUT2D eigenvalue weighted by molar-refractivity contribution is 6.06. The molecule has 0 radical (unpaired) electrons. The van der Waals surface area contributed by atoms with E-state index in [1.165, 1.54) is 0 Å². The fourth-order valence-corrected chi connectivity index (χ4v) is 2.13. The third kappa shape index (κ3) is 3.07. The smallest absolute Gasteiger partial charge is 0.254 e. The average Bonchev–Trinajstić information content (AvgIpc) is 2.42. The van der Waals surface area contributed by atoms with Gasteiger partial charge >= 0.3 is 0 Å². The molecule has 1 aromatic carbocycles. The second-order valence-electron chi connectivity index (χ2n) is 5.52. The number of anilines is 1. The molecule has 2 rings (SSSR count). The molecule has 20 heavy (non-hydrogen) atoms. The van der Waals surface area contributed by atoms with Gasteiger partial charge in [0.2, 0.25) is 0 Å². The molecule has 0 spiro atoms. The number of benzene rings is 1. The molecule has 0 saturated heterocycles. The van der Waals surface area contributed by atoms with Crippen molar-refractivity contribution in [2.24, 2.45) is 5.92 Å². The maximum Gasteiger partial charge on any atom is 0.254 e. The molecule has 0 aliphatic heterocycles. The molecular weight excluding hydrogens is 250 g/mol. The lowest BCUT2D eigenvalue weighted by Crippen LogP contribution is -2.28. The molecule has 0 aliphatic rings. The number of carbonyl (C=O) groups excluding carboxylic acids is 1. The van der Waals surface area contributed by atoms with E-state index >= 15 is 0 Å². The SMILES string of the molecule is CC(C)CCN(C)C(=O)c1cc(N)nc2ccccc12. The molecule has 0 unspecified atom stereocenters. The van der Waals surface area contributed by atoms with Crippen LogP contribution in [0.3, 0.4) is 0 Å². The molecule has 1 amide bonds. The number of aromatic nitrogens is 1. The zero-order chi connectivity index (χ0) is 14.7. The van der Waals surface area contributed by atoms with Crippen molar-refractivity contribution >= 4 is 22.6 Å². The van der Waals surface area contributed by atoms with E-state index in [0.717, 1.165) is 23.9 Å². The summed E-state index contributed by atoms with van der Waals surface area (Å²) in [5, 5.41) is 0.850. The maximum absolute atomic E-state index is 12.6. The second kappa shape index (κ2) is 5.90. The van der Waals surface area contributed by atoms with Crippen molar-refractivity contribution < 1.29 is 4.79 Å². The molecule has 4 nitrogen and oxygen atoms in total. The molecule has 0 saturated carbocycles. The first kappa shape index (κ1) is 14.3. The van der Waals surface area contributed by atoms with Gasteiger partial charge in [0.15, 0.2) is 0 Å². The van der Waals surface area contributed by atoms with Gasteiger partial charge in [0, 0.05) is 19.0 Å². The quantitative estimate of drug-likeness (QED) is 0.930. The second-order valence-corrected chi connectivity index (χ2v) is 5.52. The molecule has 0 bridgehead atoms. The van der Waals surface area contributed by atoms with E-state index in [-0.39, 0.29) is 5.91 Å². The minimum atomic E-state index is -0.00375. The molecular formula is C16H21N3O. The van der Waals surface area contributed by atoms with Gasteiger partial charge in [-0.15, -0.1) is 0 Å².